The van der Waals surface area contributed by atoms with Gasteiger partial charge >= 0.3 is 6.18 Å². The minimum atomic E-state index is -4.38. The second-order valence-electron chi connectivity index (χ2n) is 7.63. The third-order valence-electron chi connectivity index (χ3n) is 5.47. The lowest BCUT2D eigenvalue weighted by molar-refractivity contribution is -0.137. The summed E-state index contributed by atoms with van der Waals surface area (Å²) in [6.45, 7) is 7.14. The summed E-state index contributed by atoms with van der Waals surface area (Å²) in [4.78, 5) is 21.7. The lowest BCUT2D eigenvalue weighted by Crippen LogP contribution is -2.48. The maximum absolute atomic E-state index is 13.1. The number of hydrogen-bond donors (Lipinski definition) is 0. The molecule has 11 heteroatoms. The summed E-state index contributed by atoms with van der Waals surface area (Å²) in [5.41, 5.74) is 1.89. The van der Waals surface area contributed by atoms with Crippen molar-refractivity contribution in [2.24, 2.45) is 0 Å². The maximum atomic E-state index is 13.1. The first-order chi connectivity index (χ1) is 15.1. The standard InChI is InChI=1S/C21H21ClF3N5OS/c1-12-17(22)14(3)30(27-12)20-26-13(2)18(32-20)19(31)29-9-7-28(8-10-29)16-6-4-5-15(11-16)21(23,24)25/h4-6,11H,7-10H2,1-3H3. The van der Waals surface area contributed by atoms with Gasteiger partial charge in [-0.25, -0.2) is 9.67 Å². The van der Waals surface area contributed by atoms with E-state index >= 15 is 0 Å². The molecule has 0 atom stereocenters. The summed E-state index contributed by atoms with van der Waals surface area (Å²) in [5.74, 6) is -0.137. The number of aromatic nitrogens is 3. The van der Waals surface area contributed by atoms with Crippen LogP contribution in [0, 0.1) is 20.8 Å². The second kappa shape index (κ2) is 8.40. The Balaban J connectivity index is 1.47. The third kappa shape index (κ3) is 4.21. The molecule has 1 aliphatic rings. The Kier molecular flexibility index (Phi) is 5.93. The number of nitrogens with zero attached hydrogens (tertiary/aromatic N) is 5. The summed E-state index contributed by atoms with van der Waals surface area (Å²) in [7, 11) is 0. The van der Waals surface area contributed by atoms with Crippen molar-refractivity contribution in [3.63, 3.8) is 0 Å². The van der Waals surface area contributed by atoms with Gasteiger partial charge in [0.05, 0.1) is 27.7 Å². The van der Waals surface area contributed by atoms with Crippen LogP contribution in [0.15, 0.2) is 24.3 Å². The van der Waals surface area contributed by atoms with E-state index in [-0.39, 0.29) is 5.91 Å². The van der Waals surface area contributed by atoms with Crippen LogP contribution < -0.4 is 4.90 Å². The van der Waals surface area contributed by atoms with E-state index in [9.17, 15) is 18.0 Å². The van der Waals surface area contributed by atoms with Crippen LogP contribution in [0.3, 0.4) is 0 Å². The van der Waals surface area contributed by atoms with Gasteiger partial charge < -0.3 is 9.80 Å². The van der Waals surface area contributed by atoms with Crippen molar-refractivity contribution in [3.8, 4) is 5.13 Å². The summed E-state index contributed by atoms with van der Waals surface area (Å²) < 4.78 is 40.7. The number of aryl methyl sites for hydroxylation is 2. The van der Waals surface area contributed by atoms with Crippen LogP contribution in [-0.2, 0) is 6.18 Å². The fourth-order valence-electron chi connectivity index (χ4n) is 3.67. The largest absolute Gasteiger partial charge is 0.416 e. The molecular weight excluding hydrogens is 463 g/mol. The Labute approximate surface area is 192 Å². The van der Waals surface area contributed by atoms with Crippen LogP contribution in [0.1, 0.15) is 32.3 Å². The number of halogens is 4. The number of carbonyl (C=O) groups is 1. The van der Waals surface area contributed by atoms with E-state index in [1.807, 2.05) is 18.7 Å². The fraction of sp³-hybridized carbons (Fsp3) is 0.381. The van der Waals surface area contributed by atoms with Gasteiger partial charge in [-0.2, -0.15) is 18.3 Å². The summed E-state index contributed by atoms with van der Waals surface area (Å²) in [6.07, 6.45) is -4.38. The van der Waals surface area contributed by atoms with E-state index in [0.29, 0.717) is 58.3 Å². The van der Waals surface area contributed by atoms with Crippen LogP contribution in [0.4, 0.5) is 18.9 Å². The number of thiazole rings is 1. The molecule has 0 aliphatic carbocycles. The number of rotatable bonds is 3. The van der Waals surface area contributed by atoms with Crippen LogP contribution >= 0.6 is 22.9 Å². The number of hydrogen-bond acceptors (Lipinski definition) is 5. The summed E-state index contributed by atoms with van der Waals surface area (Å²) in [5, 5.41) is 5.53. The fourth-order valence-corrected chi connectivity index (χ4v) is 4.83. The summed E-state index contributed by atoms with van der Waals surface area (Å²) in [6, 6.07) is 5.27. The molecule has 2 aromatic heterocycles. The molecule has 1 aromatic carbocycles. The first kappa shape index (κ1) is 22.6. The van der Waals surface area contributed by atoms with E-state index in [1.165, 1.54) is 17.4 Å². The van der Waals surface area contributed by atoms with Gasteiger partial charge in [-0.15, -0.1) is 0 Å². The monoisotopic (exact) mass is 483 g/mol. The molecule has 6 nitrogen and oxygen atoms in total. The van der Waals surface area contributed by atoms with E-state index in [0.717, 1.165) is 17.8 Å². The predicted molar refractivity (Wildman–Crippen MR) is 118 cm³/mol. The molecule has 0 unspecified atom stereocenters. The molecular formula is C21H21ClF3N5OS. The molecule has 1 amide bonds. The SMILES string of the molecule is Cc1nc(-n2nc(C)c(Cl)c2C)sc1C(=O)N1CCN(c2cccc(C(F)(F)F)c2)CC1. The van der Waals surface area contributed by atoms with Gasteiger partial charge in [0, 0.05) is 31.9 Å². The van der Waals surface area contributed by atoms with Gasteiger partial charge in [-0.1, -0.05) is 29.0 Å². The van der Waals surface area contributed by atoms with Gasteiger partial charge in [0.1, 0.15) is 4.88 Å². The quantitative estimate of drug-likeness (QED) is 0.532. The molecule has 0 saturated carbocycles. The Morgan fingerprint density at radius 1 is 1.09 bits per heavy atom. The first-order valence-electron chi connectivity index (χ1n) is 9.97. The number of piperazine rings is 1. The Morgan fingerprint density at radius 2 is 1.78 bits per heavy atom. The number of carbonyl (C=O) groups excluding carboxylic acids is 1. The zero-order chi connectivity index (χ0) is 23.2. The molecule has 32 heavy (non-hydrogen) atoms. The summed E-state index contributed by atoms with van der Waals surface area (Å²) >= 11 is 7.48. The van der Waals surface area contributed by atoms with E-state index in [1.54, 1.807) is 22.6 Å². The normalized spacial score (nSPS) is 14.8. The Bertz CT molecular complexity index is 1160. The van der Waals surface area contributed by atoms with Gasteiger partial charge in [0.15, 0.2) is 0 Å². The molecule has 4 rings (SSSR count). The molecule has 1 fully saturated rings. The molecule has 0 radical (unpaired) electrons. The minimum absolute atomic E-state index is 0.137. The lowest BCUT2D eigenvalue weighted by Gasteiger charge is -2.36. The van der Waals surface area contributed by atoms with Crippen molar-refractivity contribution in [1.82, 2.24) is 19.7 Å². The molecule has 3 heterocycles. The maximum Gasteiger partial charge on any atom is 0.416 e. The molecule has 3 aromatic rings. The van der Waals surface area contributed by atoms with Crippen molar-refractivity contribution >= 4 is 34.5 Å². The molecule has 0 N–H and O–H groups in total. The average Bonchev–Trinajstić information content (AvgIpc) is 3.27. The highest BCUT2D eigenvalue weighted by Crippen LogP contribution is 2.32. The van der Waals surface area contributed by atoms with Gasteiger partial charge in [0.2, 0.25) is 5.13 Å². The second-order valence-corrected chi connectivity index (χ2v) is 8.99. The highest BCUT2D eigenvalue weighted by atomic mass is 35.5. The number of amides is 1. The Hall–Kier alpha value is -2.59. The average molecular weight is 484 g/mol. The van der Waals surface area contributed by atoms with Gasteiger partial charge in [-0.3, -0.25) is 4.79 Å². The minimum Gasteiger partial charge on any atom is -0.368 e. The van der Waals surface area contributed by atoms with E-state index in [4.69, 9.17) is 11.6 Å². The van der Waals surface area contributed by atoms with Crippen molar-refractivity contribution in [2.45, 2.75) is 26.9 Å². The lowest BCUT2D eigenvalue weighted by atomic mass is 10.1. The molecule has 1 saturated heterocycles. The number of alkyl halides is 3. The molecule has 1 aliphatic heterocycles. The highest BCUT2D eigenvalue weighted by molar-refractivity contribution is 7.16. The number of benzene rings is 1. The molecule has 0 spiro atoms. The predicted octanol–water partition coefficient (Wildman–Crippen LogP) is 4.89. The van der Waals surface area contributed by atoms with Crippen LogP contribution in [0.5, 0.6) is 0 Å². The van der Waals surface area contributed by atoms with Crippen LogP contribution in [0.2, 0.25) is 5.02 Å². The van der Waals surface area contributed by atoms with Crippen molar-refractivity contribution < 1.29 is 18.0 Å². The zero-order valence-electron chi connectivity index (χ0n) is 17.7. The van der Waals surface area contributed by atoms with Gasteiger partial charge in [0.25, 0.3) is 5.91 Å². The smallest absolute Gasteiger partial charge is 0.368 e. The topological polar surface area (TPSA) is 54.3 Å². The van der Waals surface area contributed by atoms with E-state index in [2.05, 4.69) is 10.1 Å². The van der Waals surface area contributed by atoms with Crippen molar-refractivity contribution in [2.75, 3.05) is 31.1 Å². The third-order valence-corrected chi connectivity index (χ3v) is 7.14. The van der Waals surface area contributed by atoms with Crippen LogP contribution in [0.25, 0.3) is 5.13 Å². The number of anilines is 1. The van der Waals surface area contributed by atoms with Crippen LogP contribution in [-0.4, -0.2) is 51.8 Å². The molecule has 0 bridgehead atoms. The molecule has 170 valence electrons. The highest BCUT2D eigenvalue weighted by Gasteiger charge is 2.32. The zero-order valence-corrected chi connectivity index (χ0v) is 19.3. The van der Waals surface area contributed by atoms with Crippen molar-refractivity contribution in [1.29, 1.82) is 0 Å². The van der Waals surface area contributed by atoms with Gasteiger partial charge in [-0.05, 0) is 39.0 Å². The Morgan fingerprint density at radius 3 is 2.38 bits per heavy atom. The van der Waals surface area contributed by atoms with Crippen molar-refractivity contribution in [3.05, 3.63) is 56.8 Å². The van der Waals surface area contributed by atoms with E-state index < -0.39 is 11.7 Å². The first-order valence-corrected chi connectivity index (χ1v) is 11.2.